The monoisotopic (exact) mass is 307 g/mol. The summed E-state index contributed by atoms with van der Waals surface area (Å²) >= 11 is 11.9. The van der Waals surface area contributed by atoms with Gasteiger partial charge in [-0.2, -0.15) is 0 Å². The molecule has 0 saturated carbocycles. The van der Waals surface area contributed by atoms with E-state index in [1.807, 2.05) is 24.3 Å². The molecule has 0 aliphatic carbocycles. The maximum Gasteiger partial charge on any atom is 0.205 e. The second-order valence-corrected chi connectivity index (χ2v) is 5.04. The fraction of sp³-hybridized carbons (Fsp3) is 0.0714. The normalized spacial score (nSPS) is 10.8. The van der Waals surface area contributed by atoms with Gasteiger partial charge in [-0.05, 0) is 36.4 Å². The molecule has 0 spiro atoms. The minimum Gasteiger partial charge on any atom is -0.497 e. The standard InChI is InChI=1S/C14H11Cl2N3O/c1-20-9-4-2-8(3-5-9)17-14-18-12-6-10(15)11(16)7-13(12)19-14/h2-7H,1H3,(H2,17,18,19). The van der Waals surface area contributed by atoms with E-state index in [1.165, 1.54) is 0 Å². The van der Waals surface area contributed by atoms with E-state index in [4.69, 9.17) is 27.9 Å². The molecular weight excluding hydrogens is 297 g/mol. The number of imidazole rings is 1. The number of ether oxygens (including phenoxy) is 1. The summed E-state index contributed by atoms with van der Waals surface area (Å²) in [6.45, 7) is 0. The first-order chi connectivity index (χ1) is 9.65. The van der Waals surface area contributed by atoms with Crippen molar-refractivity contribution in [3.63, 3.8) is 0 Å². The zero-order valence-corrected chi connectivity index (χ0v) is 12.1. The van der Waals surface area contributed by atoms with Crippen LogP contribution in [0.25, 0.3) is 11.0 Å². The van der Waals surface area contributed by atoms with Crippen LogP contribution in [0, 0.1) is 0 Å². The third-order valence-electron chi connectivity index (χ3n) is 2.88. The van der Waals surface area contributed by atoms with Crippen molar-refractivity contribution in [1.29, 1.82) is 0 Å². The maximum absolute atomic E-state index is 5.98. The summed E-state index contributed by atoms with van der Waals surface area (Å²) in [5, 5.41) is 4.16. The van der Waals surface area contributed by atoms with Crippen LogP contribution < -0.4 is 10.1 Å². The van der Waals surface area contributed by atoms with Crippen LogP contribution in [-0.4, -0.2) is 17.1 Å². The van der Waals surface area contributed by atoms with Crippen LogP contribution in [0.2, 0.25) is 10.0 Å². The predicted octanol–water partition coefficient (Wildman–Crippen LogP) is 4.62. The van der Waals surface area contributed by atoms with Crippen molar-refractivity contribution in [1.82, 2.24) is 9.97 Å². The van der Waals surface area contributed by atoms with Crippen LogP contribution in [0.3, 0.4) is 0 Å². The fourth-order valence-corrected chi connectivity index (χ4v) is 2.20. The number of hydrogen-bond acceptors (Lipinski definition) is 3. The molecule has 2 N–H and O–H groups in total. The van der Waals surface area contributed by atoms with Gasteiger partial charge < -0.3 is 15.0 Å². The number of aromatic nitrogens is 2. The van der Waals surface area contributed by atoms with Gasteiger partial charge >= 0.3 is 0 Å². The summed E-state index contributed by atoms with van der Waals surface area (Å²) in [4.78, 5) is 7.56. The van der Waals surface area contributed by atoms with Crippen molar-refractivity contribution in [2.75, 3.05) is 12.4 Å². The average Bonchev–Trinajstić information content (AvgIpc) is 2.81. The number of anilines is 2. The molecule has 2 aromatic carbocycles. The summed E-state index contributed by atoms with van der Waals surface area (Å²) in [5.41, 5.74) is 2.49. The first kappa shape index (κ1) is 13.1. The molecular formula is C14H11Cl2N3O. The number of nitrogens with one attached hydrogen (secondary N) is 2. The highest BCUT2D eigenvalue weighted by molar-refractivity contribution is 6.42. The fourth-order valence-electron chi connectivity index (χ4n) is 1.88. The highest BCUT2D eigenvalue weighted by Gasteiger charge is 2.06. The summed E-state index contributed by atoms with van der Waals surface area (Å²) in [6, 6.07) is 11.1. The second-order valence-electron chi connectivity index (χ2n) is 4.22. The lowest BCUT2D eigenvalue weighted by Gasteiger charge is -2.03. The van der Waals surface area contributed by atoms with Gasteiger partial charge in [0, 0.05) is 5.69 Å². The summed E-state index contributed by atoms with van der Waals surface area (Å²) in [7, 11) is 1.63. The first-order valence-electron chi connectivity index (χ1n) is 5.91. The van der Waals surface area contributed by atoms with Crippen molar-refractivity contribution in [2.45, 2.75) is 0 Å². The number of halogens is 2. The van der Waals surface area contributed by atoms with Crippen LogP contribution in [0.5, 0.6) is 5.75 Å². The Bertz CT molecular complexity index is 714. The molecule has 20 heavy (non-hydrogen) atoms. The molecule has 0 aliphatic rings. The highest BCUT2D eigenvalue weighted by Crippen LogP contribution is 2.28. The number of hydrogen-bond donors (Lipinski definition) is 2. The molecule has 0 atom stereocenters. The second kappa shape index (κ2) is 5.23. The van der Waals surface area contributed by atoms with Gasteiger partial charge in [-0.3, -0.25) is 0 Å². The number of rotatable bonds is 3. The lowest BCUT2D eigenvalue weighted by atomic mass is 10.3. The summed E-state index contributed by atoms with van der Waals surface area (Å²) in [5.74, 6) is 1.43. The van der Waals surface area contributed by atoms with Gasteiger partial charge in [-0.1, -0.05) is 23.2 Å². The molecule has 6 heteroatoms. The van der Waals surface area contributed by atoms with Crippen LogP contribution in [-0.2, 0) is 0 Å². The molecule has 102 valence electrons. The Hall–Kier alpha value is -1.91. The van der Waals surface area contributed by atoms with Crippen LogP contribution >= 0.6 is 23.2 Å². The summed E-state index contributed by atoms with van der Waals surface area (Å²) < 4.78 is 5.11. The SMILES string of the molecule is COc1ccc(Nc2nc3cc(Cl)c(Cl)cc3[nH]2)cc1. The number of aromatic amines is 1. The molecule has 0 fully saturated rings. The number of benzene rings is 2. The number of nitrogens with zero attached hydrogens (tertiary/aromatic N) is 1. The first-order valence-corrected chi connectivity index (χ1v) is 6.67. The van der Waals surface area contributed by atoms with Gasteiger partial charge in [0.1, 0.15) is 5.75 Å². The van der Waals surface area contributed by atoms with E-state index in [0.717, 1.165) is 22.5 Å². The Morgan fingerprint density at radius 2 is 1.80 bits per heavy atom. The van der Waals surface area contributed by atoms with Crippen LogP contribution in [0.1, 0.15) is 0 Å². The zero-order valence-electron chi connectivity index (χ0n) is 10.6. The van der Waals surface area contributed by atoms with Gasteiger partial charge in [0.25, 0.3) is 0 Å². The minimum atomic E-state index is 0.488. The van der Waals surface area contributed by atoms with Crippen LogP contribution in [0.15, 0.2) is 36.4 Å². The van der Waals surface area contributed by atoms with E-state index in [0.29, 0.717) is 16.0 Å². The van der Waals surface area contributed by atoms with Gasteiger partial charge in [-0.15, -0.1) is 0 Å². The Balaban J connectivity index is 1.90. The number of fused-ring (bicyclic) bond motifs is 1. The maximum atomic E-state index is 5.98. The van der Waals surface area contributed by atoms with E-state index in [-0.39, 0.29) is 0 Å². The summed E-state index contributed by atoms with van der Waals surface area (Å²) in [6.07, 6.45) is 0. The Morgan fingerprint density at radius 1 is 1.10 bits per heavy atom. The molecule has 1 heterocycles. The Labute approximate surface area is 125 Å². The third kappa shape index (κ3) is 2.53. The van der Waals surface area contributed by atoms with Crippen molar-refractivity contribution < 1.29 is 4.74 Å². The molecule has 0 unspecified atom stereocenters. The smallest absolute Gasteiger partial charge is 0.205 e. The molecule has 0 radical (unpaired) electrons. The number of H-pyrrole nitrogens is 1. The molecule has 0 saturated heterocycles. The lowest BCUT2D eigenvalue weighted by molar-refractivity contribution is 0.415. The van der Waals surface area contributed by atoms with E-state index in [9.17, 15) is 0 Å². The predicted molar refractivity (Wildman–Crippen MR) is 82.4 cm³/mol. The third-order valence-corrected chi connectivity index (χ3v) is 3.60. The van der Waals surface area contributed by atoms with Gasteiger partial charge in [0.2, 0.25) is 5.95 Å². The minimum absolute atomic E-state index is 0.488. The molecule has 1 aromatic heterocycles. The van der Waals surface area contributed by atoms with E-state index < -0.39 is 0 Å². The number of methoxy groups -OCH3 is 1. The van der Waals surface area contributed by atoms with E-state index in [1.54, 1.807) is 19.2 Å². The molecule has 0 amide bonds. The average molecular weight is 308 g/mol. The molecule has 0 aliphatic heterocycles. The molecule has 3 rings (SSSR count). The van der Waals surface area contributed by atoms with Crippen LogP contribution in [0.4, 0.5) is 11.6 Å². The molecule has 0 bridgehead atoms. The molecule has 4 nitrogen and oxygen atoms in total. The zero-order chi connectivity index (χ0) is 14.1. The van der Waals surface area contributed by atoms with Crippen molar-refractivity contribution in [3.8, 4) is 5.75 Å². The quantitative estimate of drug-likeness (QED) is 0.742. The van der Waals surface area contributed by atoms with Crippen molar-refractivity contribution in [3.05, 3.63) is 46.4 Å². The largest absolute Gasteiger partial charge is 0.497 e. The molecule has 3 aromatic rings. The van der Waals surface area contributed by atoms with Crippen molar-refractivity contribution in [2.24, 2.45) is 0 Å². The van der Waals surface area contributed by atoms with Gasteiger partial charge in [0.15, 0.2) is 0 Å². The lowest BCUT2D eigenvalue weighted by Crippen LogP contribution is -1.92. The Kier molecular flexibility index (Phi) is 3.42. The topological polar surface area (TPSA) is 49.9 Å². The van der Waals surface area contributed by atoms with E-state index >= 15 is 0 Å². The van der Waals surface area contributed by atoms with E-state index in [2.05, 4.69) is 15.3 Å². The van der Waals surface area contributed by atoms with Crippen molar-refractivity contribution >= 4 is 45.9 Å². The Morgan fingerprint density at radius 3 is 2.50 bits per heavy atom. The van der Waals surface area contributed by atoms with Gasteiger partial charge in [-0.25, -0.2) is 4.98 Å². The highest BCUT2D eigenvalue weighted by atomic mass is 35.5. The van der Waals surface area contributed by atoms with Gasteiger partial charge in [0.05, 0.1) is 28.2 Å².